The van der Waals surface area contributed by atoms with Crippen molar-refractivity contribution in [2.75, 3.05) is 5.73 Å². The monoisotopic (exact) mass is 338 g/mol. The second-order valence-electron chi connectivity index (χ2n) is 6.19. The number of anilines is 1. The zero-order valence-corrected chi connectivity index (χ0v) is 14.4. The molecule has 26 heavy (non-hydrogen) atoms. The van der Waals surface area contributed by atoms with Gasteiger partial charge >= 0.3 is 0 Å². The first-order chi connectivity index (χ1) is 12.7. The topological polar surface area (TPSA) is 63.6 Å². The van der Waals surface area contributed by atoms with Gasteiger partial charge in [-0.25, -0.2) is 0 Å². The molecule has 1 aromatic heterocycles. The molecule has 4 nitrogen and oxygen atoms in total. The summed E-state index contributed by atoms with van der Waals surface area (Å²) >= 11 is 0. The van der Waals surface area contributed by atoms with Crippen LogP contribution < -0.4 is 5.73 Å². The minimum Gasteiger partial charge on any atom is -0.396 e. The average Bonchev–Trinajstić information content (AvgIpc) is 2.69. The molecule has 3 aromatic carbocycles. The van der Waals surface area contributed by atoms with Gasteiger partial charge in [0.15, 0.2) is 0 Å². The number of hydrogen-bond donors (Lipinski definition) is 1. The van der Waals surface area contributed by atoms with Gasteiger partial charge < -0.3 is 5.73 Å². The predicted molar refractivity (Wildman–Crippen MR) is 107 cm³/mol. The fourth-order valence-electron chi connectivity index (χ4n) is 2.82. The summed E-state index contributed by atoms with van der Waals surface area (Å²) in [7, 11) is 0. The molecule has 0 aliphatic rings. The van der Waals surface area contributed by atoms with Gasteiger partial charge in [-0.1, -0.05) is 60.2 Å². The molecule has 0 unspecified atom stereocenters. The maximum Gasteiger partial charge on any atom is 0.109 e. The third kappa shape index (κ3) is 3.17. The number of aromatic nitrogens is 1. The molecule has 0 fully saturated rings. The number of nitrogen functional groups attached to an aromatic ring is 1. The van der Waals surface area contributed by atoms with E-state index in [9.17, 15) is 0 Å². The van der Waals surface area contributed by atoms with E-state index in [0.717, 1.165) is 22.0 Å². The van der Waals surface area contributed by atoms with Gasteiger partial charge in [-0.3, -0.25) is 4.98 Å². The van der Waals surface area contributed by atoms with Crippen LogP contribution in [0.15, 0.2) is 89.2 Å². The molecule has 4 heteroatoms. The molecule has 4 aromatic rings. The van der Waals surface area contributed by atoms with Gasteiger partial charge in [-0.15, -0.1) is 10.2 Å². The Morgan fingerprint density at radius 2 is 1.62 bits per heavy atom. The van der Waals surface area contributed by atoms with Crippen LogP contribution in [-0.4, -0.2) is 4.98 Å². The minimum absolute atomic E-state index is 0.635. The molecule has 0 atom stereocenters. The molecule has 0 bridgehead atoms. The number of fused-ring (bicyclic) bond motifs is 1. The molecule has 1 heterocycles. The molecule has 2 N–H and O–H groups in total. The van der Waals surface area contributed by atoms with Crippen LogP contribution in [0.1, 0.15) is 5.56 Å². The fourth-order valence-corrected chi connectivity index (χ4v) is 2.82. The summed E-state index contributed by atoms with van der Waals surface area (Å²) in [5.41, 5.74) is 11.4. The summed E-state index contributed by atoms with van der Waals surface area (Å²) in [6, 6.07) is 24.0. The SMILES string of the molecule is Cc1ccc(-c2ccc(N=Nc3ccc4ccccc4c3N)cn2)cc1. The molecule has 0 radical (unpaired) electrons. The van der Waals surface area contributed by atoms with E-state index in [2.05, 4.69) is 46.4 Å². The van der Waals surface area contributed by atoms with E-state index in [-0.39, 0.29) is 0 Å². The summed E-state index contributed by atoms with van der Waals surface area (Å²) in [5, 5.41) is 10.6. The lowest BCUT2D eigenvalue weighted by atomic mass is 10.1. The van der Waals surface area contributed by atoms with Gasteiger partial charge in [0.2, 0.25) is 0 Å². The number of aryl methyl sites for hydroxylation is 1. The van der Waals surface area contributed by atoms with Crippen LogP contribution in [0.5, 0.6) is 0 Å². The Morgan fingerprint density at radius 1 is 0.808 bits per heavy atom. The third-order valence-corrected chi connectivity index (χ3v) is 4.32. The van der Waals surface area contributed by atoms with Gasteiger partial charge in [-0.2, -0.15) is 0 Å². The van der Waals surface area contributed by atoms with Crippen molar-refractivity contribution in [1.29, 1.82) is 0 Å². The lowest BCUT2D eigenvalue weighted by molar-refractivity contribution is 1.20. The first-order valence-electron chi connectivity index (χ1n) is 8.43. The summed E-state index contributed by atoms with van der Waals surface area (Å²) in [6.07, 6.45) is 1.72. The van der Waals surface area contributed by atoms with Crippen LogP contribution in [0.3, 0.4) is 0 Å². The first kappa shape index (κ1) is 16.0. The quantitative estimate of drug-likeness (QED) is 0.356. The number of nitrogens with zero attached hydrogens (tertiary/aromatic N) is 3. The lowest BCUT2D eigenvalue weighted by Gasteiger charge is -2.04. The van der Waals surface area contributed by atoms with Crippen molar-refractivity contribution in [2.24, 2.45) is 10.2 Å². The zero-order chi connectivity index (χ0) is 17.9. The van der Waals surface area contributed by atoms with Crippen molar-refractivity contribution in [3.8, 4) is 11.3 Å². The summed E-state index contributed by atoms with van der Waals surface area (Å²) in [4.78, 5) is 4.48. The van der Waals surface area contributed by atoms with Crippen molar-refractivity contribution in [3.63, 3.8) is 0 Å². The Hall–Kier alpha value is -3.53. The van der Waals surface area contributed by atoms with Crippen LogP contribution in [0, 0.1) is 6.92 Å². The highest BCUT2D eigenvalue weighted by molar-refractivity contribution is 5.97. The Bertz CT molecular complexity index is 1080. The van der Waals surface area contributed by atoms with Crippen LogP contribution in [0.25, 0.3) is 22.0 Å². The smallest absolute Gasteiger partial charge is 0.109 e. The molecule has 126 valence electrons. The molecule has 0 saturated carbocycles. The molecule has 0 aliphatic carbocycles. The molecule has 0 amide bonds. The number of benzene rings is 3. The highest BCUT2D eigenvalue weighted by Crippen LogP contribution is 2.32. The van der Waals surface area contributed by atoms with Crippen molar-refractivity contribution in [3.05, 3.63) is 84.6 Å². The standard InChI is InChI=1S/C22H18N4/c1-15-6-8-17(9-7-15)20-13-11-18(14-24-20)25-26-21-12-10-16-4-2-3-5-19(16)22(21)23/h2-14H,23H2,1H3. The fraction of sp³-hybridized carbons (Fsp3) is 0.0455. The summed E-state index contributed by atoms with van der Waals surface area (Å²) < 4.78 is 0. The third-order valence-electron chi connectivity index (χ3n) is 4.32. The van der Waals surface area contributed by atoms with E-state index in [0.29, 0.717) is 17.1 Å². The molecular weight excluding hydrogens is 320 g/mol. The Balaban J connectivity index is 1.59. The lowest BCUT2D eigenvalue weighted by Crippen LogP contribution is -1.87. The zero-order valence-electron chi connectivity index (χ0n) is 14.4. The van der Waals surface area contributed by atoms with E-state index < -0.39 is 0 Å². The van der Waals surface area contributed by atoms with Crippen molar-refractivity contribution in [2.45, 2.75) is 6.92 Å². The Labute approximate surface area is 152 Å². The highest BCUT2D eigenvalue weighted by atomic mass is 15.1. The predicted octanol–water partition coefficient (Wildman–Crippen LogP) is 6.21. The van der Waals surface area contributed by atoms with Crippen molar-refractivity contribution >= 4 is 27.8 Å². The van der Waals surface area contributed by atoms with E-state index in [1.54, 1.807) is 6.20 Å². The van der Waals surface area contributed by atoms with E-state index >= 15 is 0 Å². The molecule has 0 aliphatic heterocycles. The second kappa shape index (κ2) is 6.76. The summed E-state index contributed by atoms with van der Waals surface area (Å²) in [5.74, 6) is 0. The molecule has 4 rings (SSSR count). The average molecular weight is 338 g/mol. The second-order valence-corrected chi connectivity index (χ2v) is 6.19. The summed E-state index contributed by atoms with van der Waals surface area (Å²) in [6.45, 7) is 2.07. The van der Waals surface area contributed by atoms with Gasteiger partial charge in [0.25, 0.3) is 0 Å². The van der Waals surface area contributed by atoms with Crippen LogP contribution in [-0.2, 0) is 0 Å². The van der Waals surface area contributed by atoms with E-state index in [1.165, 1.54) is 5.56 Å². The molecule has 0 saturated heterocycles. The van der Waals surface area contributed by atoms with Crippen LogP contribution in [0.4, 0.5) is 17.1 Å². The van der Waals surface area contributed by atoms with E-state index in [4.69, 9.17) is 5.73 Å². The first-order valence-corrected chi connectivity index (χ1v) is 8.43. The number of nitrogens with two attached hydrogens (primary N) is 1. The normalized spacial score (nSPS) is 11.3. The Kier molecular flexibility index (Phi) is 4.15. The van der Waals surface area contributed by atoms with Crippen molar-refractivity contribution < 1.29 is 0 Å². The maximum absolute atomic E-state index is 6.23. The maximum atomic E-state index is 6.23. The Morgan fingerprint density at radius 3 is 2.38 bits per heavy atom. The minimum atomic E-state index is 0.635. The van der Waals surface area contributed by atoms with Gasteiger partial charge in [0.05, 0.1) is 17.6 Å². The van der Waals surface area contributed by atoms with Gasteiger partial charge in [0, 0.05) is 10.9 Å². The largest absolute Gasteiger partial charge is 0.396 e. The van der Waals surface area contributed by atoms with E-state index in [1.807, 2.05) is 48.5 Å². The number of pyridine rings is 1. The van der Waals surface area contributed by atoms with Gasteiger partial charge in [0.1, 0.15) is 11.4 Å². The highest BCUT2D eigenvalue weighted by Gasteiger charge is 2.04. The van der Waals surface area contributed by atoms with Crippen LogP contribution >= 0.6 is 0 Å². The molecule has 0 spiro atoms. The molecular formula is C22H18N4. The van der Waals surface area contributed by atoms with Crippen molar-refractivity contribution in [1.82, 2.24) is 4.98 Å². The number of hydrogen-bond acceptors (Lipinski definition) is 4. The van der Waals surface area contributed by atoms with Crippen LogP contribution in [0.2, 0.25) is 0 Å². The number of rotatable bonds is 3. The number of azo groups is 1. The van der Waals surface area contributed by atoms with Gasteiger partial charge in [-0.05, 0) is 30.5 Å².